The largest absolute Gasteiger partial charge is 0.353 e. The first-order valence-corrected chi connectivity index (χ1v) is 8.04. The highest BCUT2D eigenvalue weighted by Crippen LogP contribution is 2.25. The number of benzene rings is 1. The van der Waals surface area contributed by atoms with Crippen LogP contribution in [0.1, 0.15) is 48.0 Å². The van der Waals surface area contributed by atoms with Gasteiger partial charge in [0.1, 0.15) is 5.82 Å². The molecule has 1 fully saturated rings. The van der Waals surface area contributed by atoms with E-state index in [-0.39, 0.29) is 23.9 Å². The standard InChI is InChI=1S/C17H24FN3O2/c1-12-5-6-13(11-14(12)18)15(22)20-9-10-21-16(23)17(19)7-3-2-4-8-17/h5-6,11H,2-4,7-10,19H2,1H3,(H,20,22)(H,21,23). The van der Waals surface area contributed by atoms with Crippen molar-refractivity contribution in [2.24, 2.45) is 5.73 Å². The smallest absolute Gasteiger partial charge is 0.251 e. The maximum absolute atomic E-state index is 13.4. The Kier molecular flexibility index (Phi) is 5.71. The van der Waals surface area contributed by atoms with E-state index in [9.17, 15) is 14.0 Å². The molecule has 0 radical (unpaired) electrons. The maximum atomic E-state index is 13.4. The van der Waals surface area contributed by atoms with Crippen LogP contribution in [-0.4, -0.2) is 30.4 Å². The van der Waals surface area contributed by atoms with Crippen molar-refractivity contribution in [3.63, 3.8) is 0 Å². The van der Waals surface area contributed by atoms with E-state index in [0.717, 1.165) is 19.3 Å². The molecule has 1 aliphatic rings. The molecule has 0 spiro atoms. The van der Waals surface area contributed by atoms with Crippen LogP contribution in [0.2, 0.25) is 0 Å². The number of hydrogen-bond acceptors (Lipinski definition) is 3. The van der Waals surface area contributed by atoms with Crippen LogP contribution < -0.4 is 16.4 Å². The van der Waals surface area contributed by atoms with E-state index < -0.39 is 11.4 Å². The van der Waals surface area contributed by atoms with Crippen molar-refractivity contribution in [2.45, 2.75) is 44.6 Å². The highest BCUT2D eigenvalue weighted by atomic mass is 19.1. The van der Waals surface area contributed by atoms with Crippen LogP contribution in [0.25, 0.3) is 0 Å². The molecule has 2 rings (SSSR count). The molecule has 0 aromatic heterocycles. The number of nitrogens with two attached hydrogens (primary N) is 1. The molecule has 1 aliphatic carbocycles. The van der Waals surface area contributed by atoms with Crippen LogP contribution in [0, 0.1) is 12.7 Å². The number of rotatable bonds is 5. The Balaban J connectivity index is 1.75. The van der Waals surface area contributed by atoms with E-state index in [1.165, 1.54) is 6.07 Å². The summed E-state index contributed by atoms with van der Waals surface area (Å²) in [7, 11) is 0. The summed E-state index contributed by atoms with van der Waals surface area (Å²) in [5.41, 5.74) is 6.11. The molecule has 0 aliphatic heterocycles. The van der Waals surface area contributed by atoms with Gasteiger partial charge in [0.15, 0.2) is 0 Å². The van der Waals surface area contributed by atoms with E-state index in [2.05, 4.69) is 10.6 Å². The van der Waals surface area contributed by atoms with Gasteiger partial charge in [-0.05, 0) is 37.5 Å². The highest BCUT2D eigenvalue weighted by Gasteiger charge is 2.34. The third-order valence-corrected chi connectivity index (χ3v) is 4.33. The van der Waals surface area contributed by atoms with Crippen molar-refractivity contribution in [1.82, 2.24) is 10.6 Å². The van der Waals surface area contributed by atoms with Crippen molar-refractivity contribution >= 4 is 11.8 Å². The average molecular weight is 321 g/mol. The van der Waals surface area contributed by atoms with Gasteiger partial charge in [0, 0.05) is 18.7 Å². The number of halogens is 1. The maximum Gasteiger partial charge on any atom is 0.251 e. The molecule has 2 amide bonds. The van der Waals surface area contributed by atoms with E-state index >= 15 is 0 Å². The predicted molar refractivity (Wildman–Crippen MR) is 86.5 cm³/mol. The fourth-order valence-corrected chi connectivity index (χ4v) is 2.77. The summed E-state index contributed by atoms with van der Waals surface area (Å²) >= 11 is 0. The van der Waals surface area contributed by atoms with E-state index in [1.54, 1.807) is 19.1 Å². The summed E-state index contributed by atoms with van der Waals surface area (Å²) in [6.45, 7) is 2.22. The average Bonchev–Trinajstić information content (AvgIpc) is 2.54. The monoisotopic (exact) mass is 321 g/mol. The summed E-state index contributed by atoms with van der Waals surface area (Å²) in [6.07, 6.45) is 4.47. The van der Waals surface area contributed by atoms with Gasteiger partial charge in [-0.3, -0.25) is 9.59 Å². The first-order chi connectivity index (χ1) is 10.9. The fourth-order valence-electron chi connectivity index (χ4n) is 2.77. The molecule has 4 N–H and O–H groups in total. The molecule has 0 atom stereocenters. The van der Waals surface area contributed by atoms with Gasteiger partial charge in [-0.2, -0.15) is 0 Å². The van der Waals surface area contributed by atoms with Crippen LogP contribution in [0.5, 0.6) is 0 Å². The Morgan fingerprint density at radius 3 is 2.48 bits per heavy atom. The molecule has 1 aromatic carbocycles. The van der Waals surface area contributed by atoms with Gasteiger partial charge in [-0.25, -0.2) is 4.39 Å². The summed E-state index contributed by atoms with van der Waals surface area (Å²) < 4.78 is 13.4. The van der Waals surface area contributed by atoms with Crippen LogP contribution in [0.3, 0.4) is 0 Å². The fraction of sp³-hybridized carbons (Fsp3) is 0.529. The Labute approximate surface area is 135 Å². The van der Waals surface area contributed by atoms with Crippen molar-refractivity contribution in [1.29, 1.82) is 0 Å². The molecule has 23 heavy (non-hydrogen) atoms. The number of amides is 2. The Bertz CT molecular complexity index is 583. The molecule has 0 heterocycles. The van der Waals surface area contributed by atoms with Crippen molar-refractivity contribution in [3.05, 3.63) is 35.1 Å². The first kappa shape index (κ1) is 17.4. The third kappa shape index (κ3) is 4.51. The second kappa shape index (κ2) is 7.55. The lowest BCUT2D eigenvalue weighted by Gasteiger charge is -2.31. The van der Waals surface area contributed by atoms with Crippen LogP contribution in [0.4, 0.5) is 4.39 Å². The second-order valence-corrected chi connectivity index (χ2v) is 6.19. The molecule has 126 valence electrons. The second-order valence-electron chi connectivity index (χ2n) is 6.19. The van der Waals surface area contributed by atoms with Crippen LogP contribution in [0.15, 0.2) is 18.2 Å². The molecular formula is C17H24FN3O2. The minimum absolute atomic E-state index is 0.159. The zero-order chi connectivity index (χ0) is 16.9. The number of carbonyl (C=O) groups excluding carboxylic acids is 2. The molecule has 5 nitrogen and oxygen atoms in total. The van der Waals surface area contributed by atoms with E-state index in [0.29, 0.717) is 24.9 Å². The van der Waals surface area contributed by atoms with Crippen molar-refractivity contribution in [3.8, 4) is 0 Å². The summed E-state index contributed by atoms with van der Waals surface area (Å²) in [5.74, 6) is -0.931. The summed E-state index contributed by atoms with van der Waals surface area (Å²) in [5, 5.41) is 5.42. The minimum atomic E-state index is -0.775. The quantitative estimate of drug-likeness (QED) is 0.721. The molecule has 0 bridgehead atoms. The van der Waals surface area contributed by atoms with Gasteiger partial charge < -0.3 is 16.4 Å². The van der Waals surface area contributed by atoms with Crippen molar-refractivity contribution in [2.75, 3.05) is 13.1 Å². The molecule has 0 unspecified atom stereocenters. The van der Waals surface area contributed by atoms with Gasteiger partial charge in [0.2, 0.25) is 5.91 Å². The summed E-state index contributed by atoms with van der Waals surface area (Å²) in [6, 6.07) is 4.34. The van der Waals surface area contributed by atoms with Gasteiger partial charge in [-0.1, -0.05) is 25.3 Å². The predicted octanol–water partition coefficient (Wildman–Crippen LogP) is 1.64. The third-order valence-electron chi connectivity index (χ3n) is 4.33. The lowest BCUT2D eigenvalue weighted by Crippen LogP contribution is -2.55. The molecular weight excluding hydrogens is 297 g/mol. The Hall–Kier alpha value is -1.95. The normalized spacial score (nSPS) is 16.7. The van der Waals surface area contributed by atoms with Gasteiger partial charge in [-0.15, -0.1) is 0 Å². The lowest BCUT2D eigenvalue weighted by molar-refractivity contribution is -0.127. The zero-order valence-electron chi connectivity index (χ0n) is 13.5. The van der Waals surface area contributed by atoms with E-state index in [4.69, 9.17) is 5.73 Å². The van der Waals surface area contributed by atoms with Gasteiger partial charge >= 0.3 is 0 Å². The lowest BCUT2D eigenvalue weighted by atomic mass is 9.82. The number of nitrogens with one attached hydrogen (secondary N) is 2. The number of carbonyl (C=O) groups is 2. The van der Waals surface area contributed by atoms with Crippen LogP contribution >= 0.6 is 0 Å². The number of hydrogen-bond donors (Lipinski definition) is 3. The van der Waals surface area contributed by atoms with Crippen molar-refractivity contribution < 1.29 is 14.0 Å². The molecule has 1 aromatic rings. The van der Waals surface area contributed by atoms with Crippen LogP contribution in [-0.2, 0) is 4.79 Å². The molecule has 6 heteroatoms. The highest BCUT2D eigenvalue weighted by molar-refractivity contribution is 5.94. The topological polar surface area (TPSA) is 84.2 Å². The SMILES string of the molecule is Cc1ccc(C(=O)NCCNC(=O)C2(N)CCCCC2)cc1F. The molecule has 0 saturated heterocycles. The zero-order valence-corrected chi connectivity index (χ0v) is 13.5. The first-order valence-electron chi connectivity index (χ1n) is 8.04. The minimum Gasteiger partial charge on any atom is -0.353 e. The Morgan fingerprint density at radius 2 is 1.83 bits per heavy atom. The Morgan fingerprint density at radius 1 is 1.17 bits per heavy atom. The van der Waals surface area contributed by atoms with Gasteiger partial charge in [0.25, 0.3) is 5.91 Å². The van der Waals surface area contributed by atoms with E-state index in [1.807, 2.05) is 0 Å². The number of aryl methyl sites for hydroxylation is 1. The summed E-state index contributed by atoms with van der Waals surface area (Å²) in [4.78, 5) is 24.0. The van der Waals surface area contributed by atoms with Gasteiger partial charge in [0.05, 0.1) is 5.54 Å². The molecule has 1 saturated carbocycles.